The first-order valence-electron chi connectivity index (χ1n) is 9.09. The Hall–Kier alpha value is -1.54. The van der Waals surface area contributed by atoms with Crippen LogP contribution in [0.2, 0.25) is 0 Å². The van der Waals surface area contributed by atoms with E-state index in [9.17, 15) is 9.59 Å². The van der Waals surface area contributed by atoms with Crippen LogP contribution in [-0.4, -0.2) is 42.3 Å². The molecule has 8 heteroatoms. The van der Waals surface area contributed by atoms with Crippen LogP contribution in [0.3, 0.4) is 0 Å². The van der Waals surface area contributed by atoms with E-state index in [2.05, 4.69) is 11.9 Å². The monoisotopic (exact) mass is 366 g/mol. The molecule has 3 rings (SSSR count). The quantitative estimate of drug-likeness (QED) is 0.694. The van der Waals surface area contributed by atoms with Gasteiger partial charge in [-0.15, -0.1) is 0 Å². The Bertz CT molecular complexity index is 833. The highest BCUT2D eigenvalue weighted by Crippen LogP contribution is 2.34. The third-order valence-corrected chi connectivity index (χ3v) is 5.72. The fourth-order valence-corrected chi connectivity index (χ4v) is 4.31. The maximum absolute atomic E-state index is 12.5. The normalized spacial score (nSPS) is 15.4. The summed E-state index contributed by atoms with van der Waals surface area (Å²) in [5.74, 6) is 2.67. The minimum Gasteiger partial charge on any atom is -0.396 e. The van der Waals surface area contributed by atoms with Gasteiger partial charge in [0.25, 0.3) is 5.56 Å². The number of aliphatic hydroxyl groups is 1. The molecule has 0 unspecified atom stereocenters. The van der Waals surface area contributed by atoms with Crippen LogP contribution in [0.25, 0.3) is 11.2 Å². The van der Waals surface area contributed by atoms with E-state index in [4.69, 9.17) is 10.1 Å². The highest BCUT2D eigenvalue weighted by atomic mass is 32.2. The van der Waals surface area contributed by atoms with Gasteiger partial charge in [0, 0.05) is 30.5 Å². The standard InChI is InChI=1S/C17H26N4O3S/c1-2-7-20-13-15(18-14(20)12-5-3-4-6-12)21(8-10-25-11-9-22)17(24)19-16(13)23/h12,22H,2-11H2,1H3,(H,19,23,24). The Balaban J connectivity index is 2.08. The molecule has 0 amide bonds. The summed E-state index contributed by atoms with van der Waals surface area (Å²) >= 11 is 1.58. The van der Waals surface area contributed by atoms with Gasteiger partial charge >= 0.3 is 5.69 Å². The molecule has 25 heavy (non-hydrogen) atoms. The van der Waals surface area contributed by atoms with Crippen molar-refractivity contribution in [2.24, 2.45) is 0 Å². The summed E-state index contributed by atoms with van der Waals surface area (Å²) in [5.41, 5.74) is 0.287. The fraction of sp³-hybridized carbons (Fsp3) is 0.706. The van der Waals surface area contributed by atoms with Crippen molar-refractivity contribution in [2.75, 3.05) is 18.1 Å². The third kappa shape index (κ3) is 3.69. The fourth-order valence-electron chi connectivity index (χ4n) is 3.66. The van der Waals surface area contributed by atoms with Gasteiger partial charge in [0.2, 0.25) is 0 Å². The zero-order chi connectivity index (χ0) is 17.8. The van der Waals surface area contributed by atoms with Crippen molar-refractivity contribution < 1.29 is 5.11 Å². The topological polar surface area (TPSA) is 92.9 Å². The minimum absolute atomic E-state index is 0.123. The van der Waals surface area contributed by atoms with Crippen molar-refractivity contribution in [2.45, 2.75) is 58.0 Å². The Labute approximate surface area is 150 Å². The Morgan fingerprint density at radius 1 is 1.20 bits per heavy atom. The Morgan fingerprint density at radius 2 is 1.96 bits per heavy atom. The summed E-state index contributed by atoms with van der Waals surface area (Å²) in [7, 11) is 0. The number of hydrogen-bond donors (Lipinski definition) is 2. The number of fused-ring (bicyclic) bond motifs is 1. The van der Waals surface area contributed by atoms with E-state index in [1.807, 2.05) is 4.57 Å². The van der Waals surface area contributed by atoms with Gasteiger partial charge in [0.1, 0.15) is 5.82 Å². The zero-order valence-corrected chi connectivity index (χ0v) is 15.5. The summed E-state index contributed by atoms with van der Waals surface area (Å²) in [4.78, 5) is 32.0. The smallest absolute Gasteiger partial charge is 0.330 e. The first-order chi connectivity index (χ1) is 12.2. The molecule has 1 fully saturated rings. The van der Waals surface area contributed by atoms with Gasteiger partial charge in [-0.25, -0.2) is 9.78 Å². The molecule has 0 aliphatic heterocycles. The molecule has 0 bridgehead atoms. The summed E-state index contributed by atoms with van der Waals surface area (Å²) in [5, 5.41) is 8.89. The number of aliphatic hydroxyl groups excluding tert-OH is 1. The number of aromatic amines is 1. The molecular weight excluding hydrogens is 340 g/mol. The predicted molar refractivity (Wildman–Crippen MR) is 101 cm³/mol. The lowest BCUT2D eigenvalue weighted by atomic mass is 10.1. The number of rotatable bonds is 8. The van der Waals surface area contributed by atoms with Crippen LogP contribution >= 0.6 is 11.8 Å². The molecule has 2 aromatic rings. The Kier molecular flexibility index (Phi) is 6.01. The number of nitrogens with one attached hydrogen (secondary N) is 1. The molecular formula is C17H26N4O3S. The van der Waals surface area contributed by atoms with E-state index in [0.717, 1.165) is 31.6 Å². The molecule has 0 radical (unpaired) electrons. The summed E-state index contributed by atoms with van der Waals surface area (Å²) < 4.78 is 3.60. The first-order valence-corrected chi connectivity index (χ1v) is 10.2. The first kappa shape index (κ1) is 18.3. The van der Waals surface area contributed by atoms with Crippen LogP contribution in [0, 0.1) is 0 Å². The molecule has 2 aromatic heterocycles. The highest BCUT2D eigenvalue weighted by molar-refractivity contribution is 7.99. The summed E-state index contributed by atoms with van der Waals surface area (Å²) in [6, 6.07) is 0. The maximum Gasteiger partial charge on any atom is 0.330 e. The highest BCUT2D eigenvalue weighted by Gasteiger charge is 2.26. The second kappa shape index (κ2) is 8.23. The van der Waals surface area contributed by atoms with Crippen LogP contribution in [0.5, 0.6) is 0 Å². The van der Waals surface area contributed by atoms with Gasteiger partial charge in [0.15, 0.2) is 11.2 Å². The third-order valence-electron chi connectivity index (χ3n) is 4.78. The van der Waals surface area contributed by atoms with Crippen molar-refractivity contribution in [1.29, 1.82) is 0 Å². The molecule has 0 saturated heterocycles. The lowest BCUT2D eigenvalue weighted by molar-refractivity contribution is 0.322. The molecule has 7 nitrogen and oxygen atoms in total. The van der Waals surface area contributed by atoms with E-state index >= 15 is 0 Å². The molecule has 2 heterocycles. The van der Waals surface area contributed by atoms with Crippen molar-refractivity contribution in [1.82, 2.24) is 19.1 Å². The van der Waals surface area contributed by atoms with E-state index in [1.54, 1.807) is 16.3 Å². The van der Waals surface area contributed by atoms with Crippen molar-refractivity contribution in [3.05, 3.63) is 26.7 Å². The van der Waals surface area contributed by atoms with Gasteiger partial charge in [-0.2, -0.15) is 11.8 Å². The van der Waals surface area contributed by atoms with Crippen LogP contribution < -0.4 is 11.2 Å². The number of aryl methyl sites for hydroxylation is 2. The Morgan fingerprint density at radius 3 is 2.64 bits per heavy atom. The van der Waals surface area contributed by atoms with Gasteiger partial charge < -0.3 is 9.67 Å². The lowest BCUT2D eigenvalue weighted by Crippen LogP contribution is -2.31. The molecule has 1 saturated carbocycles. The number of imidazole rings is 1. The van der Waals surface area contributed by atoms with Crippen LogP contribution in [-0.2, 0) is 13.1 Å². The lowest BCUT2D eigenvalue weighted by Gasteiger charge is -2.12. The largest absolute Gasteiger partial charge is 0.396 e. The van der Waals surface area contributed by atoms with Crippen molar-refractivity contribution >= 4 is 22.9 Å². The number of nitrogens with zero attached hydrogens (tertiary/aromatic N) is 3. The van der Waals surface area contributed by atoms with Crippen LogP contribution in [0.4, 0.5) is 0 Å². The molecule has 0 atom stereocenters. The van der Waals surface area contributed by atoms with E-state index in [1.165, 1.54) is 12.8 Å². The summed E-state index contributed by atoms with van der Waals surface area (Å²) in [6.45, 7) is 3.42. The molecule has 1 aliphatic rings. The predicted octanol–water partition coefficient (Wildman–Crippen LogP) is 1.68. The minimum atomic E-state index is -0.402. The van der Waals surface area contributed by atoms with Gasteiger partial charge in [-0.1, -0.05) is 19.8 Å². The maximum atomic E-state index is 12.5. The number of aromatic nitrogens is 4. The number of thioether (sulfide) groups is 1. The number of hydrogen-bond acceptors (Lipinski definition) is 5. The number of H-pyrrole nitrogens is 1. The van der Waals surface area contributed by atoms with Gasteiger partial charge in [-0.3, -0.25) is 14.3 Å². The molecule has 0 spiro atoms. The SMILES string of the molecule is CCCn1c(C2CCCC2)nc2c1c(=O)[nH]c(=O)n2CCSCCO. The van der Waals surface area contributed by atoms with Crippen molar-refractivity contribution in [3.8, 4) is 0 Å². The zero-order valence-electron chi connectivity index (χ0n) is 14.7. The second-order valence-electron chi connectivity index (χ2n) is 6.52. The van der Waals surface area contributed by atoms with Gasteiger partial charge in [0.05, 0.1) is 6.61 Å². The van der Waals surface area contributed by atoms with Gasteiger partial charge in [-0.05, 0) is 19.3 Å². The van der Waals surface area contributed by atoms with E-state index in [-0.39, 0.29) is 12.2 Å². The van der Waals surface area contributed by atoms with Crippen molar-refractivity contribution in [3.63, 3.8) is 0 Å². The van der Waals surface area contributed by atoms with E-state index in [0.29, 0.717) is 35.1 Å². The summed E-state index contributed by atoms with van der Waals surface area (Å²) in [6.07, 6.45) is 5.50. The molecule has 0 aromatic carbocycles. The van der Waals surface area contributed by atoms with E-state index < -0.39 is 5.69 Å². The molecule has 138 valence electrons. The molecule has 1 aliphatic carbocycles. The average molecular weight is 366 g/mol. The molecule has 2 N–H and O–H groups in total. The van der Waals surface area contributed by atoms with Crippen LogP contribution in [0.15, 0.2) is 9.59 Å². The van der Waals surface area contributed by atoms with Crippen LogP contribution in [0.1, 0.15) is 50.8 Å². The second-order valence-corrected chi connectivity index (χ2v) is 7.75. The average Bonchev–Trinajstić information content (AvgIpc) is 3.22.